The number of benzene rings is 1. The van der Waals surface area contributed by atoms with Gasteiger partial charge in [0.25, 0.3) is 5.91 Å². The number of hydrogen-bond acceptors (Lipinski definition) is 3. The largest absolute Gasteiger partial charge is 0.343 e. The van der Waals surface area contributed by atoms with Crippen molar-refractivity contribution in [3.63, 3.8) is 0 Å². The van der Waals surface area contributed by atoms with E-state index in [9.17, 15) is 9.59 Å². The molecule has 0 bridgehead atoms. The van der Waals surface area contributed by atoms with Crippen LogP contribution in [0.25, 0.3) is 0 Å². The average molecular weight is 351 g/mol. The lowest BCUT2D eigenvalue weighted by Crippen LogP contribution is -2.32. The molecule has 0 saturated heterocycles. The van der Waals surface area contributed by atoms with Crippen molar-refractivity contribution in [3.05, 3.63) is 46.1 Å². The van der Waals surface area contributed by atoms with Crippen LogP contribution in [0, 0.1) is 0 Å². The third-order valence-corrected chi connectivity index (χ3v) is 3.27. The maximum Gasteiger partial charge on any atom is 0.251 e. The van der Waals surface area contributed by atoms with Crippen LogP contribution in [-0.4, -0.2) is 28.6 Å². The van der Waals surface area contributed by atoms with Gasteiger partial charge in [0.1, 0.15) is 0 Å². The molecular formula is C14H15BrN4O2. The number of H-pyrrole nitrogens is 1. The standard InChI is InChI=1S/C14H15BrN4O2/c1-2-11-7-12(19-18-11)17-13(20)8-16-14(21)9-4-3-5-10(15)6-9/h3-7H,2,8H2,1H3,(H,16,21)(H2,17,18,19,20). The van der Waals surface area contributed by atoms with Crippen molar-refractivity contribution < 1.29 is 9.59 Å². The molecule has 0 saturated carbocycles. The number of aromatic nitrogens is 2. The minimum atomic E-state index is -0.326. The maximum absolute atomic E-state index is 11.9. The molecule has 1 heterocycles. The summed E-state index contributed by atoms with van der Waals surface area (Å²) < 4.78 is 0.809. The summed E-state index contributed by atoms with van der Waals surface area (Å²) in [5, 5.41) is 11.9. The van der Waals surface area contributed by atoms with E-state index in [0.717, 1.165) is 16.6 Å². The topological polar surface area (TPSA) is 86.9 Å². The first-order chi connectivity index (χ1) is 10.1. The van der Waals surface area contributed by atoms with Gasteiger partial charge in [-0.2, -0.15) is 5.10 Å². The van der Waals surface area contributed by atoms with Crippen LogP contribution in [-0.2, 0) is 11.2 Å². The Hall–Kier alpha value is -2.15. The molecule has 3 N–H and O–H groups in total. The third kappa shape index (κ3) is 4.42. The highest BCUT2D eigenvalue weighted by Gasteiger charge is 2.09. The zero-order valence-electron chi connectivity index (χ0n) is 11.4. The first kappa shape index (κ1) is 15.2. The summed E-state index contributed by atoms with van der Waals surface area (Å²) in [4.78, 5) is 23.6. The molecule has 0 aliphatic carbocycles. The number of aromatic amines is 1. The summed E-state index contributed by atoms with van der Waals surface area (Å²) in [5.74, 6) is -0.177. The Balaban J connectivity index is 1.85. The van der Waals surface area contributed by atoms with E-state index in [1.807, 2.05) is 13.0 Å². The van der Waals surface area contributed by atoms with Gasteiger partial charge < -0.3 is 10.6 Å². The molecule has 0 spiro atoms. The van der Waals surface area contributed by atoms with E-state index in [4.69, 9.17) is 0 Å². The molecule has 1 aromatic heterocycles. The van der Waals surface area contributed by atoms with Crippen LogP contribution >= 0.6 is 15.9 Å². The van der Waals surface area contributed by atoms with Crippen molar-refractivity contribution in [2.75, 3.05) is 11.9 Å². The van der Waals surface area contributed by atoms with E-state index in [1.54, 1.807) is 24.3 Å². The van der Waals surface area contributed by atoms with Crippen LogP contribution in [0.15, 0.2) is 34.8 Å². The first-order valence-electron chi connectivity index (χ1n) is 6.46. The number of carbonyl (C=O) groups is 2. The number of rotatable bonds is 5. The van der Waals surface area contributed by atoms with Gasteiger partial charge in [-0.25, -0.2) is 0 Å². The highest BCUT2D eigenvalue weighted by Crippen LogP contribution is 2.11. The summed E-state index contributed by atoms with van der Waals surface area (Å²) in [5.41, 5.74) is 1.42. The molecule has 0 aliphatic rings. The number of hydrogen-bond donors (Lipinski definition) is 3. The summed E-state index contributed by atoms with van der Waals surface area (Å²) in [7, 11) is 0. The van der Waals surface area contributed by atoms with Gasteiger partial charge in [0.2, 0.25) is 5.91 Å². The Labute approximate surface area is 130 Å². The van der Waals surface area contributed by atoms with Crippen molar-refractivity contribution >= 4 is 33.6 Å². The minimum absolute atomic E-state index is 0.111. The van der Waals surface area contributed by atoms with Crippen LogP contribution in [0.3, 0.4) is 0 Å². The first-order valence-corrected chi connectivity index (χ1v) is 7.25. The number of nitrogens with zero attached hydrogens (tertiary/aromatic N) is 1. The molecule has 0 atom stereocenters. The van der Waals surface area contributed by atoms with Gasteiger partial charge in [-0.1, -0.05) is 28.9 Å². The molecular weight excluding hydrogens is 336 g/mol. The Morgan fingerprint density at radius 1 is 1.33 bits per heavy atom. The molecule has 7 heteroatoms. The van der Waals surface area contributed by atoms with Crippen molar-refractivity contribution in [2.45, 2.75) is 13.3 Å². The molecule has 0 fully saturated rings. The van der Waals surface area contributed by atoms with Gasteiger partial charge in [0.15, 0.2) is 5.82 Å². The van der Waals surface area contributed by atoms with Gasteiger partial charge in [0.05, 0.1) is 6.54 Å². The molecule has 1 aromatic carbocycles. The Kier molecular flexibility index (Phi) is 5.10. The van der Waals surface area contributed by atoms with Gasteiger partial charge >= 0.3 is 0 Å². The van der Waals surface area contributed by atoms with Gasteiger partial charge in [-0.3, -0.25) is 14.7 Å². The Bertz CT molecular complexity index is 654. The van der Waals surface area contributed by atoms with E-state index in [-0.39, 0.29) is 18.4 Å². The number of halogens is 1. The van der Waals surface area contributed by atoms with Crippen molar-refractivity contribution in [1.82, 2.24) is 15.5 Å². The fraction of sp³-hybridized carbons (Fsp3) is 0.214. The molecule has 110 valence electrons. The lowest BCUT2D eigenvalue weighted by molar-refractivity contribution is -0.115. The van der Waals surface area contributed by atoms with E-state index >= 15 is 0 Å². The zero-order chi connectivity index (χ0) is 15.2. The zero-order valence-corrected chi connectivity index (χ0v) is 13.0. The molecule has 2 aromatic rings. The molecule has 2 rings (SSSR count). The van der Waals surface area contributed by atoms with E-state index in [2.05, 4.69) is 36.8 Å². The molecule has 21 heavy (non-hydrogen) atoms. The lowest BCUT2D eigenvalue weighted by Gasteiger charge is -2.05. The predicted octanol–water partition coefficient (Wildman–Crippen LogP) is 2.10. The van der Waals surface area contributed by atoms with E-state index in [0.29, 0.717) is 11.4 Å². The van der Waals surface area contributed by atoms with Crippen LogP contribution in [0.2, 0.25) is 0 Å². The fourth-order valence-electron chi connectivity index (χ4n) is 1.69. The Morgan fingerprint density at radius 3 is 2.81 bits per heavy atom. The molecule has 0 aliphatic heterocycles. The highest BCUT2D eigenvalue weighted by atomic mass is 79.9. The second kappa shape index (κ2) is 7.03. The van der Waals surface area contributed by atoms with E-state index < -0.39 is 0 Å². The smallest absolute Gasteiger partial charge is 0.251 e. The minimum Gasteiger partial charge on any atom is -0.343 e. The summed E-state index contributed by atoms with van der Waals surface area (Å²) in [6.07, 6.45) is 0.808. The lowest BCUT2D eigenvalue weighted by atomic mass is 10.2. The predicted molar refractivity (Wildman–Crippen MR) is 83.1 cm³/mol. The number of aryl methyl sites for hydroxylation is 1. The van der Waals surface area contributed by atoms with Gasteiger partial charge in [0, 0.05) is 21.8 Å². The summed E-state index contributed by atoms with van der Waals surface area (Å²) in [6, 6.07) is 8.71. The summed E-state index contributed by atoms with van der Waals surface area (Å²) >= 11 is 3.29. The monoisotopic (exact) mass is 350 g/mol. The van der Waals surface area contributed by atoms with Crippen LogP contribution in [0.1, 0.15) is 23.0 Å². The number of carbonyl (C=O) groups excluding carboxylic acids is 2. The average Bonchev–Trinajstić information content (AvgIpc) is 2.92. The highest BCUT2D eigenvalue weighted by molar-refractivity contribution is 9.10. The number of anilines is 1. The summed E-state index contributed by atoms with van der Waals surface area (Å²) in [6.45, 7) is 1.87. The quantitative estimate of drug-likeness (QED) is 0.771. The van der Waals surface area contributed by atoms with Crippen LogP contribution in [0.5, 0.6) is 0 Å². The number of amides is 2. The number of nitrogens with one attached hydrogen (secondary N) is 3. The molecule has 2 amide bonds. The Morgan fingerprint density at radius 2 is 2.14 bits per heavy atom. The molecule has 0 radical (unpaired) electrons. The second-order valence-corrected chi connectivity index (χ2v) is 5.29. The van der Waals surface area contributed by atoms with E-state index in [1.165, 1.54) is 0 Å². The van der Waals surface area contributed by atoms with Crippen molar-refractivity contribution in [3.8, 4) is 0 Å². The van der Waals surface area contributed by atoms with Gasteiger partial charge in [-0.05, 0) is 24.6 Å². The second-order valence-electron chi connectivity index (χ2n) is 4.37. The van der Waals surface area contributed by atoms with Crippen molar-refractivity contribution in [1.29, 1.82) is 0 Å². The molecule has 6 nitrogen and oxygen atoms in total. The van der Waals surface area contributed by atoms with Crippen molar-refractivity contribution in [2.24, 2.45) is 0 Å². The van der Waals surface area contributed by atoms with Crippen LogP contribution < -0.4 is 10.6 Å². The maximum atomic E-state index is 11.9. The SMILES string of the molecule is CCc1cc(NC(=O)CNC(=O)c2cccc(Br)c2)n[nH]1. The third-order valence-electron chi connectivity index (χ3n) is 2.78. The fourth-order valence-corrected chi connectivity index (χ4v) is 2.09. The molecule has 0 unspecified atom stereocenters. The van der Waals surface area contributed by atoms with Crippen LogP contribution in [0.4, 0.5) is 5.82 Å². The normalized spacial score (nSPS) is 10.2. The van der Waals surface area contributed by atoms with Gasteiger partial charge in [-0.15, -0.1) is 0 Å².